The highest BCUT2D eigenvalue weighted by molar-refractivity contribution is 5.74. The zero-order chi connectivity index (χ0) is 13.3. The maximum absolute atomic E-state index is 11.4. The first kappa shape index (κ1) is 15.7. The Morgan fingerprint density at radius 2 is 2.00 bits per heavy atom. The van der Waals surface area contributed by atoms with Crippen molar-refractivity contribution >= 4 is 12.0 Å². The molecule has 0 spiro atoms. The van der Waals surface area contributed by atoms with Gasteiger partial charge in [0.25, 0.3) is 0 Å². The number of nitrogens with one attached hydrogen (secondary N) is 2. The quantitative estimate of drug-likeness (QED) is 0.591. The Labute approximate surface area is 102 Å². The van der Waals surface area contributed by atoms with Gasteiger partial charge < -0.3 is 20.5 Å². The third kappa shape index (κ3) is 9.62. The van der Waals surface area contributed by atoms with Gasteiger partial charge in [-0.25, -0.2) is 4.79 Å². The van der Waals surface area contributed by atoms with E-state index in [9.17, 15) is 9.59 Å². The molecule has 0 saturated heterocycles. The van der Waals surface area contributed by atoms with Gasteiger partial charge in [-0.05, 0) is 19.3 Å². The minimum absolute atomic E-state index is 0.0322. The van der Waals surface area contributed by atoms with Gasteiger partial charge in [-0.3, -0.25) is 4.79 Å². The first-order valence-electron chi connectivity index (χ1n) is 5.70. The van der Waals surface area contributed by atoms with Crippen molar-refractivity contribution in [2.24, 2.45) is 5.92 Å². The number of hydrogen-bond acceptors (Lipinski definition) is 3. The Bertz CT molecular complexity index is 246. The first-order chi connectivity index (χ1) is 7.95. The number of carbonyl (C=O) groups excluding carboxylic acids is 1. The average Bonchev–Trinajstić information content (AvgIpc) is 2.22. The molecule has 0 aliphatic rings. The molecule has 2 atom stereocenters. The second-order valence-electron chi connectivity index (χ2n) is 4.24. The Morgan fingerprint density at radius 3 is 2.53 bits per heavy atom. The van der Waals surface area contributed by atoms with Crippen LogP contribution in [-0.4, -0.2) is 43.4 Å². The molecule has 0 heterocycles. The summed E-state index contributed by atoms with van der Waals surface area (Å²) in [5, 5.41) is 13.9. The maximum Gasteiger partial charge on any atom is 0.315 e. The molecule has 0 radical (unpaired) electrons. The molecule has 0 aliphatic heterocycles. The van der Waals surface area contributed by atoms with Gasteiger partial charge in [0.15, 0.2) is 0 Å². The van der Waals surface area contributed by atoms with Crippen molar-refractivity contribution in [3.63, 3.8) is 0 Å². The molecule has 0 bridgehead atoms. The van der Waals surface area contributed by atoms with Crippen LogP contribution in [0.4, 0.5) is 4.79 Å². The Morgan fingerprint density at radius 1 is 1.35 bits per heavy atom. The van der Waals surface area contributed by atoms with Gasteiger partial charge in [-0.2, -0.15) is 0 Å². The smallest absolute Gasteiger partial charge is 0.315 e. The highest BCUT2D eigenvalue weighted by atomic mass is 16.5. The van der Waals surface area contributed by atoms with Gasteiger partial charge in [-0.1, -0.05) is 6.92 Å². The van der Waals surface area contributed by atoms with Gasteiger partial charge in [0.1, 0.15) is 0 Å². The van der Waals surface area contributed by atoms with Crippen LogP contribution in [-0.2, 0) is 9.53 Å². The molecule has 0 aromatic carbocycles. The number of urea groups is 1. The van der Waals surface area contributed by atoms with E-state index in [4.69, 9.17) is 9.84 Å². The lowest BCUT2D eigenvalue weighted by molar-refractivity contribution is -0.137. The number of amides is 2. The van der Waals surface area contributed by atoms with Crippen molar-refractivity contribution in [1.82, 2.24) is 10.6 Å². The number of carboxylic acids is 1. The van der Waals surface area contributed by atoms with Crippen LogP contribution in [0.1, 0.15) is 26.7 Å². The fourth-order valence-electron chi connectivity index (χ4n) is 1.28. The van der Waals surface area contributed by atoms with E-state index in [2.05, 4.69) is 10.6 Å². The molecule has 6 nitrogen and oxygen atoms in total. The van der Waals surface area contributed by atoms with Crippen LogP contribution in [0.3, 0.4) is 0 Å². The summed E-state index contributed by atoms with van der Waals surface area (Å²) in [7, 11) is 1.61. The third-order valence-electron chi connectivity index (χ3n) is 2.27. The number of aliphatic carboxylic acids is 1. The molecule has 0 aliphatic carbocycles. The fourth-order valence-corrected chi connectivity index (χ4v) is 1.28. The highest BCUT2D eigenvalue weighted by Gasteiger charge is 2.10. The zero-order valence-corrected chi connectivity index (χ0v) is 10.7. The van der Waals surface area contributed by atoms with Gasteiger partial charge in [0, 0.05) is 32.7 Å². The van der Waals surface area contributed by atoms with E-state index in [0.29, 0.717) is 13.2 Å². The monoisotopic (exact) mass is 246 g/mol. The molecule has 100 valence electrons. The summed E-state index contributed by atoms with van der Waals surface area (Å²) in [5.41, 5.74) is 0. The van der Waals surface area contributed by atoms with E-state index in [1.165, 1.54) is 0 Å². The van der Waals surface area contributed by atoms with Gasteiger partial charge >= 0.3 is 12.0 Å². The Kier molecular flexibility index (Phi) is 8.13. The molecule has 0 saturated carbocycles. The summed E-state index contributed by atoms with van der Waals surface area (Å²) < 4.78 is 4.90. The Hall–Kier alpha value is -1.30. The van der Waals surface area contributed by atoms with Crippen molar-refractivity contribution in [2.75, 3.05) is 20.3 Å². The van der Waals surface area contributed by atoms with E-state index in [-0.39, 0.29) is 24.4 Å². The lowest BCUT2D eigenvalue weighted by Gasteiger charge is -2.15. The first-order valence-corrected chi connectivity index (χ1v) is 5.70. The minimum Gasteiger partial charge on any atom is -0.481 e. The van der Waals surface area contributed by atoms with Crippen LogP contribution < -0.4 is 10.6 Å². The average molecular weight is 246 g/mol. The highest BCUT2D eigenvalue weighted by Crippen LogP contribution is 1.99. The second kappa shape index (κ2) is 8.81. The lowest BCUT2D eigenvalue weighted by atomic mass is 10.1. The van der Waals surface area contributed by atoms with Crippen molar-refractivity contribution in [3.05, 3.63) is 0 Å². The van der Waals surface area contributed by atoms with Crippen molar-refractivity contribution in [3.8, 4) is 0 Å². The molecule has 6 heteroatoms. The number of carbonyl (C=O) groups is 2. The number of methoxy groups -OCH3 is 1. The van der Waals surface area contributed by atoms with Crippen molar-refractivity contribution in [1.29, 1.82) is 0 Å². The molecule has 2 unspecified atom stereocenters. The molecule has 0 aromatic heterocycles. The third-order valence-corrected chi connectivity index (χ3v) is 2.27. The van der Waals surface area contributed by atoms with E-state index in [0.717, 1.165) is 6.42 Å². The molecule has 3 N–H and O–H groups in total. The van der Waals surface area contributed by atoms with Crippen LogP contribution in [0.25, 0.3) is 0 Å². The van der Waals surface area contributed by atoms with E-state index in [1.54, 1.807) is 14.0 Å². The molecular weight excluding hydrogens is 224 g/mol. The molecular formula is C11H22N2O4. The van der Waals surface area contributed by atoms with Crippen LogP contribution in [0, 0.1) is 5.92 Å². The normalized spacial score (nSPS) is 13.8. The molecule has 0 rings (SSSR count). The van der Waals surface area contributed by atoms with Crippen LogP contribution in [0.2, 0.25) is 0 Å². The number of ether oxygens (including phenoxy) is 1. The van der Waals surface area contributed by atoms with Crippen LogP contribution >= 0.6 is 0 Å². The number of hydrogen-bond donors (Lipinski definition) is 3. The van der Waals surface area contributed by atoms with Crippen molar-refractivity contribution in [2.45, 2.75) is 32.7 Å². The summed E-state index contributed by atoms with van der Waals surface area (Å²) in [6, 6.07) is -0.240. The summed E-state index contributed by atoms with van der Waals surface area (Å²) >= 11 is 0. The van der Waals surface area contributed by atoms with E-state index < -0.39 is 5.97 Å². The predicted octanol–water partition coefficient (Wildman–Crippen LogP) is 0.821. The minimum atomic E-state index is -0.854. The largest absolute Gasteiger partial charge is 0.481 e. The summed E-state index contributed by atoms with van der Waals surface area (Å²) in [4.78, 5) is 21.8. The van der Waals surface area contributed by atoms with Gasteiger partial charge in [0.05, 0.1) is 0 Å². The lowest BCUT2D eigenvalue weighted by Crippen LogP contribution is -2.42. The topological polar surface area (TPSA) is 87.7 Å². The summed E-state index contributed by atoms with van der Waals surface area (Å²) in [6.45, 7) is 4.62. The van der Waals surface area contributed by atoms with Crippen LogP contribution in [0.15, 0.2) is 0 Å². The summed E-state index contributed by atoms with van der Waals surface area (Å²) in [5.74, 6) is -0.930. The molecule has 17 heavy (non-hydrogen) atoms. The van der Waals surface area contributed by atoms with E-state index in [1.807, 2.05) is 6.92 Å². The molecule has 2 amide bonds. The van der Waals surface area contributed by atoms with Crippen molar-refractivity contribution < 1.29 is 19.4 Å². The summed E-state index contributed by atoms with van der Waals surface area (Å²) in [6.07, 6.45) is 0.800. The number of rotatable bonds is 8. The van der Waals surface area contributed by atoms with Gasteiger partial charge in [0.2, 0.25) is 0 Å². The van der Waals surface area contributed by atoms with Gasteiger partial charge in [-0.15, -0.1) is 0 Å². The second-order valence-corrected chi connectivity index (χ2v) is 4.24. The number of carboxylic acid groups (broad SMARTS) is 1. The molecule has 0 aromatic rings. The van der Waals surface area contributed by atoms with E-state index >= 15 is 0 Å². The molecule has 0 fully saturated rings. The zero-order valence-electron chi connectivity index (χ0n) is 10.7. The standard InChI is InChI=1S/C11H22N2O4/c1-8(6-10(14)15)7-12-11(16)13-9(2)4-5-17-3/h8-9H,4-7H2,1-3H3,(H,14,15)(H2,12,13,16). The SMILES string of the molecule is COCCC(C)NC(=O)NCC(C)CC(=O)O. The predicted molar refractivity (Wildman–Crippen MR) is 63.9 cm³/mol. The fraction of sp³-hybridized carbons (Fsp3) is 0.818. The van der Waals surface area contributed by atoms with Crippen LogP contribution in [0.5, 0.6) is 0 Å². The maximum atomic E-state index is 11.4. The Balaban J connectivity index is 3.68.